The third-order valence-electron chi connectivity index (χ3n) is 3.97. The molecule has 0 radical (unpaired) electrons. The minimum atomic E-state index is -3.56. The monoisotopic (exact) mass is 405 g/mol. The molecular formula is C20H23NO6S. The largest absolute Gasteiger partial charge is 0.494 e. The minimum absolute atomic E-state index is 0.144. The predicted octanol–water partition coefficient (Wildman–Crippen LogP) is 2.77. The van der Waals surface area contributed by atoms with Crippen LogP contribution in [0.25, 0.3) is 0 Å². The van der Waals surface area contributed by atoms with Crippen LogP contribution in [-0.4, -0.2) is 43.5 Å². The van der Waals surface area contributed by atoms with Gasteiger partial charge in [0.15, 0.2) is 9.84 Å². The SMILES string of the molecule is CCc1ccc(NC(=O)CS(=O)(=O)CCCOc2ccc(C(=O)O)cc2)cc1. The topological polar surface area (TPSA) is 110 Å². The highest BCUT2D eigenvalue weighted by Crippen LogP contribution is 2.13. The molecule has 0 aliphatic heterocycles. The van der Waals surface area contributed by atoms with E-state index in [1.54, 1.807) is 12.1 Å². The fraction of sp³-hybridized carbons (Fsp3) is 0.300. The zero-order chi connectivity index (χ0) is 20.6. The second-order valence-corrected chi connectivity index (χ2v) is 8.41. The summed E-state index contributed by atoms with van der Waals surface area (Å²) in [5.41, 5.74) is 1.83. The maximum Gasteiger partial charge on any atom is 0.335 e. The molecular weight excluding hydrogens is 382 g/mol. The van der Waals surface area contributed by atoms with Crippen LogP contribution >= 0.6 is 0 Å². The Labute approximate surface area is 164 Å². The van der Waals surface area contributed by atoms with E-state index in [1.807, 2.05) is 19.1 Å². The first-order valence-electron chi connectivity index (χ1n) is 8.84. The summed E-state index contributed by atoms with van der Waals surface area (Å²) in [6.07, 6.45) is 1.11. The Balaban J connectivity index is 1.74. The van der Waals surface area contributed by atoms with Crippen LogP contribution < -0.4 is 10.1 Å². The number of ether oxygens (including phenoxy) is 1. The molecule has 1 amide bonds. The molecule has 150 valence electrons. The number of benzene rings is 2. The van der Waals surface area contributed by atoms with E-state index < -0.39 is 27.5 Å². The van der Waals surface area contributed by atoms with Crippen molar-refractivity contribution in [3.63, 3.8) is 0 Å². The standard InChI is InChI=1S/C20H23NO6S/c1-2-15-4-8-17(9-5-15)21-19(22)14-28(25,26)13-3-12-27-18-10-6-16(7-11-18)20(23)24/h4-11H,2-3,12-14H2,1H3,(H,21,22)(H,23,24). The van der Waals surface area contributed by atoms with Crippen molar-refractivity contribution < 1.29 is 27.9 Å². The number of aromatic carboxylic acids is 1. The summed E-state index contributed by atoms with van der Waals surface area (Å²) in [4.78, 5) is 22.7. The summed E-state index contributed by atoms with van der Waals surface area (Å²) in [6.45, 7) is 2.17. The molecule has 0 aliphatic rings. The lowest BCUT2D eigenvalue weighted by atomic mass is 10.1. The number of carboxylic acids is 1. The van der Waals surface area contributed by atoms with E-state index in [2.05, 4.69) is 5.32 Å². The number of hydrogen-bond acceptors (Lipinski definition) is 5. The number of sulfone groups is 1. The molecule has 0 atom stereocenters. The molecule has 7 nitrogen and oxygen atoms in total. The summed E-state index contributed by atoms with van der Waals surface area (Å²) >= 11 is 0. The Morgan fingerprint density at radius 1 is 1.04 bits per heavy atom. The van der Waals surface area contributed by atoms with Gasteiger partial charge in [-0.1, -0.05) is 19.1 Å². The van der Waals surface area contributed by atoms with Crippen LogP contribution in [0.15, 0.2) is 48.5 Å². The lowest BCUT2D eigenvalue weighted by Gasteiger charge is -2.08. The van der Waals surface area contributed by atoms with E-state index >= 15 is 0 Å². The van der Waals surface area contributed by atoms with Gasteiger partial charge in [0.2, 0.25) is 5.91 Å². The van der Waals surface area contributed by atoms with Crippen LogP contribution in [0.3, 0.4) is 0 Å². The van der Waals surface area contributed by atoms with Crippen molar-refractivity contribution in [1.29, 1.82) is 0 Å². The van der Waals surface area contributed by atoms with Crippen LogP contribution in [0.5, 0.6) is 5.75 Å². The third kappa shape index (κ3) is 7.03. The van der Waals surface area contributed by atoms with Crippen molar-refractivity contribution in [1.82, 2.24) is 0 Å². The summed E-state index contributed by atoms with van der Waals surface area (Å²) in [5, 5.41) is 11.4. The van der Waals surface area contributed by atoms with Crippen molar-refractivity contribution in [3.8, 4) is 5.75 Å². The van der Waals surface area contributed by atoms with Crippen molar-refractivity contribution in [2.75, 3.05) is 23.4 Å². The Morgan fingerprint density at radius 2 is 1.68 bits per heavy atom. The quantitative estimate of drug-likeness (QED) is 0.588. The van der Waals surface area contributed by atoms with Gasteiger partial charge >= 0.3 is 5.97 Å². The van der Waals surface area contributed by atoms with Crippen molar-refractivity contribution in [3.05, 3.63) is 59.7 Å². The third-order valence-corrected chi connectivity index (χ3v) is 5.58. The van der Waals surface area contributed by atoms with E-state index in [0.717, 1.165) is 12.0 Å². The van der Waals surface area contributed by atoms with Gasteiger partial charge < -0.3 is 15.2 Å². The molecule has 2 rings (SSSR count). The van der Waals surface area contributed by atoms with Gasteiger partial charge in [0, 0.05) is 5.69 Å². The second-order valence-electron chi connectivity index (χ2n) is 6.22. The fourth-order valence-corrected chi connectivity index (χ4v) is 3.63. The van der Waals surface area contributed by atoms with Gasteiger partial charge in [0.05, 0.1) is 17.9 Å². The zero-order valence-electron chi connectivity index (χ0n) is 15.6. The number of nitrogens with one attached hydrogen (secondary N) is 1. The van der Waals surface area contributed by atoms with Crippen LogP contribution in [0, 0.1) is 0 Å². The number of anilines is 1. The van der Waals surface area contributed by atoms with Crippen molar-refractivity contribution in [2.24, 2.45) is 0 Å². The Bertz CT molecular complexity index is 905. The zero-order valence-corrected chi connectivity index (χ0v) is 16.4. The number of amides is 1. The minimum Gasteiger partial charge on any atom is -0.494 e. The molecule has 0 saturated heterocycles. The lowest BCUT2D eigenvalue weighted by Crippen LogP contribution is -2.25. The van der Waals surface area contributed by atoms with E-state index in [9.17, 15) is 18.0 Å². The highest BCUT2D eigenvalue weighted by Gasteiger charge is 2.16. The predicted molar refractivity (Wildman–Crippen MR) is 107 cm³/mol. The average Bonchev–Trinajstić information content (AvgIpc) is 2.65. The molecule has 28 heavy (non-hydrogen) atoms. The maximum absolute atomic E-state index is 12.1. The van der Waals surface area contributed by atoms with Gasteiger partial charge in [-0.15, -0.1) is 0 Å². The van der Waals surface area contributed by atoms with E-state index in [-0.39, 0.29) is 24.3 Å². The highest BCUT2D eigenvalue weighted by atomic mass is 32.2. The summed E-state index contributed by atoms with van der Waals surface area (Å²) in [6, 6.07) is 13.1. The van der Waals surface area contributed by atoms with Gasteiger partial charge in [-0.25, -0.2) is 13.2 Å². The molecule has 2 N–H and O–H groups in total. The van der Waals surface area contributed by atoms with Crippen LogP contribution in [0.1, 0.15) is 29.3 Å². The first kappa shape index (κ1) is 21.4. The van der Waals surface area contributed by atoms with E-state index in [0.29, 0.717) is 11.4 Å². The number of carbonyl (C=O) groups excluding carboxylic acids is 1. The molecule has 0 aromatic heterocycles. The normalized spacial score (nSPS) is 11.0. The molecule has 2 aromatic carbocycles. The fourth-order valence-electron chi connectivity index (χ4n) is 2.46. The molecule has 8 heteroatoms. The summed E-state index contributed by atoms with van der Waals surface area (Å²) in [5.74, 6) is -1.92. The summed E-state index contributed by atoms with van der Waals surface area (Å²) < 4.78 is 29.6. The molecule has 0 fully saturated rings. The van der Waals surface area contributed by atoms with E-state index in [4.69, 9.17) is 9.84 Å². The summed E-state index contributed by atoms with van der Waals surface area (Å²) in [7, 11) is -3.56. The average molecular weight is 405 g/mol. The first-order chi connectivity index (χ1) is 13.3. The van der Waals surface area contributed by atoms with Gasteiger partial charge in [0.25, 0.3) is 0 Å². The van der Waals surface area contributed by atoms with Crippen LogP contribution in [0.4, 0.5) is 5.69 Å². The van der Waals surface area contributed by atoms with Crippen molar-refractivity contribution >= 4 is 27.4 Å². The number of aryl methyl sites for hydroxylation is 1. The Morgan fingerprint density at radius 3 is 2.25 bits per heavy atom. The Hall–Kier alpha value is -2.87. The number of carbonyl (C=O) groups is 2. The maximum atomic E-state index is 12.1. The Kier molecular flexibility index (Phi) is 7.57. The number of rotatable bonds is 10. The number of carboxylic acid groups (broad SMARTS) is 1. The molecule has 0 bridgehead atoms. The van der Waals surface area contributed by atoms with Gasteiger partial charge in [0.1, 0.15) is 11.5 Å². The molecule has 0 unspecified atom stereocenters. The lowest BCUT2D eigenvalue weighted by molar-refractivity contribution is -0.113. The molecule has 0 heterocycles. The van der Waals surface area contributed by atoms with Crippen LogP contribution in [-0.2, 0) is 21.1 Å². The van der Waals surface area contributed by atoms with Crippen LogP contribution in [0.2, 0.25) is 0 Å². The second kappa shape index (κ2) is 9.89. The molecule has 0 aliphatic carbocycles. The highest BCUT2D eigenvalue weighted by molar-refractivity contribution is 7.92. The smallest absolute Gasteiger partial charge is 0.335 e. The molecule has 0 spiro atoms. The number of hydrogen-bond donors (Lipinski definition) is 2. The van der Waals surface area contributed by atoms with Gasteiger partial charge in [-0.3, -0.25) is 4.79 Å². The molecule has 2 aromatic rings. The van der Waals surface area contributed by atoms with E-state index in [1.165, 1.54) is 24.3 Å². The molecule has 0 saturated carbocycles. The van der Waals surface area contributed by atoms with Gasteiger partial charge in [-0.2, -0.15) is 0 Å². The first-order valence-corrected chi connectivity index (χ1v) is 10.7. The van der Waals surface area contributed by atoms with Gasteiger partial charge in [-0.05, 0) is 54.8 Å². The van der Waals surface area contributed by atoms with Crippen molar-refractivity contribution in [2.45, 2.75) is 19.8 Å².